The Labute approximate surface area is 278 Å². The van der Waals surface area contributed by atoms with Crippen LogP contribution in [0, 0.1) is 20.8 Å². The van der Waals surface area contributed by atoms with Gasteiger partial charge in [0.25, 0.3) is 0 Å². The van der Waals surface area contributed by atoms with E-state index < -0.39 is 0 Å². The van der Waals surface area contributed by atoms with E-state index in [1.54, 1.807) is 11.3 Å². The lowest BCUT2D eigenvalue weighted by atomic mass is 9.87. The molecule has 1 unspecified atom stereocenters. The van der Waals surface area contributed by atoms with Crippen LogP contribution < -0.4 is 5.32 Å². The van der Waals surface area contributed by atoms with E-state index in [1.807, 2.05) is 37.3 Å². The van der Waals surface area contributed by atoms with Crippen LogP contribution in [0.15, 0.2) is 53.5 Å². The molecule has 3 aliphatic rings. The minimum Gasteiger partial charge on any atom is -0.301 e. The van der Waals surface area contributed by atoms with Crippen LogP contribution in [-0.4, -0.2) is 74.8 Å². The number of aromatic nitrogens is 3. The summed E-state index contributed by atoms with van der Waals surface area (Å²) in [7, 11) is 0. The minimum absolute atomic E-state index is 0.135. The number of piperazine rings is 1. The molecule has 3 aliphatic heterocycles. The summed E-state index contributed by atoms with van der Waals surface area (Å²) in [6.07, 6.45) is 1.79. The van der Waals surface area contributed by atoms with Gasteiger partial charge in [-0.25, -0.2) is 0 Å². The molecule has 46 heavy (non-hydrogen) atoms. The van der Waals surface area contributed by atoms with E-state index in [4.69, 9.17) is 16.6 Å². The Bertz CT molecular complexity index is 1820. The van der Waals surface area contributed by atoms with Gasteiger partial charge in [-0.1, -0.05) is 48.0 Å². The normalized spacial score (nSPS) is 20.6. The van der Waals surface area contributed by atoms with Crippen molar-refractivity contribution in [3.8, 4) is 5.00 Å². The SMILES string of the molecule is Cc1sc2c(c1C)C(c1ccc(Cl)cc1)=N[C@@H](CCN1CCN(Cc3ccccc3C3CCC(=O)NC3=O)CC1)c1nnc(C)n1-2. The van der Waals surface area contributed by atoms with Crippen molar-refractivity contribution in [2.75, 3.05) is 32.7 Å². The van der Waals surface area contributed by atoms with Crippen molar-refractivity contribution in [2.24, 2.45) is 4.99 Å². The van der Waals surface area contributed by atoms with Gasteiger partial charge >= 0.3 is 0 Å². The van der Waals surface area contributed by atoms with Crippen molar-refractivity contribution in [1.82, 2.24) is 29.9 Å². The monoisotopic (exact) mass is 655 g/mol. The van der Waals surface area contributed by atoms with E-state index in [0.717, 1.165) is 84.7 Å². The third-order valence-corrected chi connectivity index (χ3v) is 11.0. The van der Waals surface area contributed by atoms with Gasteiger partial charge in [-0.3, -0.25) is 29.4 Å². The van der Waals surface area contributed by atoms with Crippen molar-refractivity contribution in [3.05, 3.63) is 97.9 Å². The van der Waals surface area contributed by atoms with E-state index in [0.29, 0.717) is 17.9 Å². The number of carbonyl (C=O) groups excluding carboxylic acids is 2. The molecule has 2 amide bonds. The van der Waals surface area contributed by atoms with Crippen molar-refractivity contribution >= 4 is 40.5 Å². The Balaban J connectivity index is 1.06. The number of fused-ring (bicyclic) bond motifs is 3. The van der Waals surface area contributed by atoms with Gasteiger partial charge in [0.1, 0.15) is 16.9 Å². The summed E-state index contributed by atoms with van der Waals surface area (Å²) in [6, 6.07) is 16.0. The molecule has 0 saturated carbocycles. The molecule has 7 rings (SSSR count). The molecule has 2 saturated heterocycles. The van der Waals surface area contributed by atoms with Crippen molar-refractivity contribution in [2.45, 2.75) is 58.5 Å². The zero-order chi connectivity index (χ0) is 31.9. The molecule has 4 aromatic rings. The van der Waals surface area contributed by atoms with Gasteiger partial charge in [0, 0.05) is 66.7 Å². The Kier molecular flexibility index (Phi) is 8.63. The lowest BCUT2D eigenvalue weighted by molar-refractivity contribution is -0.134. The smallest absolute Gasteiger partial charge is 0.234 e. The van der Waals surface area contributed by atoms with Gasteiger partial charge in [-0.15, -0.1) is 21.5 Å². The number of piperidine rings is 1. The molecule has 0 aliphatic carbocycles. The van der Waals surface area contributed by atoms with Crippen molar-refractivity contribution in [1.29, 1.82) is 0 Å². The van der Waals surface area contributed by atoms with E-state index in [9.17, 15) is 9.59 Å². The molecule has 11 heteroatoms. The van der Waals surface area contributed by atoms with Crippen LogP contribution in [0.2, 0.25) is 5.02 Å². The maximum Gasteiger partial charge on any atom is 0.234 e. The topological polar surface area (TPSA) is 95.7 Å². The number of hydrogen-bond acceptors (Lipinski definition) is 8. The molecule has 2 aromatic heterocycles. The highest BCUT2D eigenvalue weighted by Crippen LogP contribution is 2.39. The highest BCUT2D eigenvalue weighted by molar-refractivity contribution is 7.15. The second-order valence-electron chi connectivity index (χ2n) is 12.5. The summed E-state index contributed by atoms with van der Waals surface area (Å²) in [6.45, 7) is 11.9. The Morgan fingerprint density at radius 3 is 2.46 bits per heavy atom. The summed E-state index contributed by atoms with van der Waals surface area (Å²) < 4.78 is 2.22. The van der Waals surface area contributed by atoms with Gasteiger partial charge in [-0.2, -0.15) is 0 Å². The van der Waals surface area contributed by atoms with E-state index in [1.165, 1.54) is 16.0 Å². The van der Waals surface area contributed by atoms with Crippen molar-refractivity contribution in [3.63, 3.8) is 0 Å². The number of hydrogen-bond donors (Lipinski definition) is 1. The Morgan fingerprint density at radius 2 is 1.70 bits per heavy atom. The standard InChI is InChI=1S/C35H38ClN7O2S/c1-21-22(2)46-35-31(21)32(24-8-10-26(36)11-9-24)37-29(33-40-39-23(3)43(33)35)14-15-41-16-18-42(19-17-41)20-25-6-4-5-7-27(25)28-12-13-30(44)38-34(28)45/h4-11,28-29H,12-20H2,1-3H3,(H,38,44,45)/t28?,29-/m0/s1. The predicted molar refractivity (Wildman–Crippen MR) is 181 cm³/mol. The minimum atomic E-state index is -0.267. The highest BCUT2D eigenvalue weighted by atomic mass is 35.5. The van der Waals surface area contributed by atoms with Crippen LogP contribution in [0.1, 0.15) is 75.6 Å². The van der Waals surface area contributed by atoms with Gasteiger partial charge in [0.15, 0.2) is 5.82 Å². The molecule has 2 aromatic carbocycles. The molecule has 5 heterocycles. The van der Waals surface area contributed by atoms with Gasteiger partial charge in [0.05, 0.1) is 11.6 Å². The van der Waals surface area contributed by atoms with Crippen molar-refractivity contribution < 1.29 is 9.59 Å². The molecule has 9 nitrogen and oxygen atoms in total. The molecule has 238 valence electrons. The molecule has 0 spiro atoms. The number of thiophene rings is 1. The van der Waals surface area contributed by atoms with Crippen LogP contribution in [0.25, 0.3) is 5.00 Å². The predicted octanol–water partition coefficient (Wildman–Crippen LogP) is 5.53. The maximum atomic E-state index is 12.6. The first kappa shape index (κ1) is 30.9. The second kappa shape index (κ2) is 12.8. The average molecular weight is 656 g/mol. The Hall–Kier alpha value is -3.70. The van der Waals surface area contributed by atoms with Crippen LogP contribution in [-0.2, 0) is 16.1 Å². The Morgan fingerprint density at radius 1 is 0.957 bits per heavy atom. The van der Waals surface area contributed by atoms with Crippen LogP contribution in [0.4, 0.5) is 0 Å². The number of aryl methyl sites for hydroxylation is 2. The molecule has 0 bridgehead atoms. The largest absolute Gasteiger partial charge is 0.301 e. The van der Waals surface area contributed by atoms with Gasteiger partial charge in [0.2, 0.25) is 11.8 Å². The van der Waals surface area contributed by atoms with Crippen LogP contribution >= 0.6 is 22.9 Å². The number of halogens is 1. The molecule has 2 fully saturated rings. The second-order valence-corrected chi connectivity index (χ2v) is 14.2. The molecule has 1 N–H and O–H groups in total. The quantitative estimate of drug-likeness (QED) is 0.263. The zero-order valence-corrected chi connectivity index (χ0v) is 28.0. The summed E-state index contributed by atoms with van der Waals surface area (Å²) >= 11 is 8.05. The molecular weight excluding hydrogens is 618 g/mol. The number of rotatable bonds is 7. The molecule has 0 radical (unpaired) electrons. The fourth-order valence-electron chi connectivity index (χ4n) is 6.91. The van der Waals surface area contributed by atoms with Gasteiger partial charge < -0.3 is 4.90 Å². The lowest BCUT2D eigenvalue weighted by Gasteiger charge is -2.35. The summed E-state index contributed by atoms with van der Waals surface area (Å²) in [5, 5.41) is 13.5. The number of nitrogens with one attached hydrogen (secondary N) is 1. The fraction of sp³-hybridized carbons (Fsp3) is 0.400. The third kappa shape index (κ3) is 5.95. The number of aliphatic imine (C=N–C) groups is 1. The summed E-state index contributed by atoms with van der Waals surface area (Å²) in [5.74, 6) is 1.15. The maximum absolute atomic E-state index is 12.6. The number of carbonyl (C=O) groups is 2. The molecule has 2 atom stereocenters. The lowest BCUT2D eigenvalue weighted by Crippen LogP contribution is -2.46. The number of nitrogens with zero attached hydrogens (tertiary/aromatic N) is 6. The fourth-order valence-corrected chi connectivity index (χ4v) is 8.25. The first-order chi connectivity index (χ1) is 22.3. The van der Waals surface area contributed by atoms with Crippen LogP contribution in [0.3, 0.4) is 0 Å². The van der Waals surface area contributed by atoms with E-state index in [-0.39, 0.29) is 23.8 Å². The summed E-state index contributed by atoms with van der Waals surface area (Å²) in [4.78, 5) is 36.0. The average Bonchev–Trinajstić information content (AvgIpc) is 3.52. The molecular formula is C35H38ClN7O2S. The van der Waals surface area contributed by atoms with Gasteiger partial charge in [-0.05, 0) is 62.4 Å². The van der Waals surface area contributed by atoms with Crippen LogP contribution in [0.5, 0.6) is 0 Å². The van der Waals surface area contributed by atoms with E-state index >= 15 is 0 Å². The highest BCUT2D eigenvalue weighted by Gasteiger charge is 2.33. The summed E-state index contributed by atoms with van der Waals surface area (Å²) in [5.41, 5.74) is 6.64. The first-order valence-electron chi connectivity index (χ1n) is 16.0. The zero-order valence-electron chi connectivity index (χ0n) is 26.4. The number of benzene rings is 2. The number of imide groups is 1. The van der Waals surface area contributed by atoms with E-state index in [2.05, 4.69) is 61.9 Å². The third-order valence-electron chi connectivity index (χ3n) is 9.60. The number of amides is 2. The first-order valence-corrected chi connectivity index (χ1v) is 17.2.